The van der Waals surface area contributed by atoms with E-state index in [1.165, 1.54) is 11.3 Å². The molecule has 104 valence electrons. The summed E-state index contributed by atoms with van der Waals surface area (Å²) in [4.78, 5) is 2.29. The van der Waals surface area contributed by atoms with Crippen LogP contribution in [0.3, 0.4) is 0 Å². The van der Waals surface area contributed by atoms with E-state index < -0.39 is 0 Å². The fraction of sp³-hybridized carbons (Fsp3) is 0.529. The van der Waals surface area contributed by atoms with Crippen molar-refractivity contribution in [2.75, 3.05) is 24.5 Å². The second-order valence-electron chi connectivity index (χ2n) is 4.86. The lowest BCUT2D eigenvalue weighted by molar-refractivity contribution is 0.569. The molecule has 0 aromatic heterocycles. The van der Waals surface area contributed by atoms with Crippen molar-refractivity contribution in [1.29, 1.82) is 0 Å². The number of benzene rings is 1. The SMILES string of the molecule is C#CCN(CCC)c1ccccc1C(C)NCCC. The molecule has 1 aromatic carbocycles. The summed E-state index contributed by atoms with van der Waals surface area (Å²) in [6.45, 7) is 9.30. The Hall–Kier alpha value is -1.46. The van der Waals surface area contributed by atoms with E-state index in [-0.39, 0.29) is 0 Å². The van der Waals surface area contributed by atoms with Crippen LogP contribution in [-0.4, -0.2) is 19.6 Å². The summed E-state index contributed by atoms with van der Waals surface area (Å²) in [7, 11) is 0. The van der Waals surface area contributed by atoms with Crippen LogP contribution >= 0.6 is 0 Å². The lowest BCUT2D eigenvalue weighted by Gasteiger charge is -2.27. The molecule has 2 heteroatoms. The Balaban J connectivity index is 2.95. The van der Waals surface area contributed by atoms with E-state index >= 15 is 0 Å². The quantitative estimate of drug-likeness (QED) is 0.717. The molecule has 0 bridgehead atoms. The topological polar surface area (TPSA) is 15.3 Å². The lowest BCUT2D eigenvalue weighted by atomic mass is 10.0. The summed E-state index contributed by atoms with van der Waals surface area (Å²) in [6.07, 6.45) is 7.75. The predicted octanol–water partition coefficient (Wildman–Crippen LogP) is 3.60. The molecule has 0 heterocycles. The maximum atomic E-state index is 5.50. The molecular formula is C17H26N2. The van der Waals surface area contributed by atoms with Crippen molar-refractivity contribution in [3.8, 4) is 12.3 Å². The summed E-state index contributed by atoms with van der Waals surface area (Å²) < 4.78 is 0. The molecule has 0 spiro atoms. The highest BCUT2D eigenvalue weighted by Gasteiger charge is 2.13. The van der Waals surface area contributed by atoms with Crippen LogP contribution in [0.2, 0.25) is 0 Å². The average molecular weight is 258 g/mol. The molecule has 0 aliphatic heterocycles. The van der Waals surface area contributed by atoms with Gasteiger partial charge < -0.3 is 10.2 Å². The molecule has 0 radical (unpaired) electrons. The van der Waals surface area contributed by atoms with Crippen molar-refractivity contribution in [1.82, 2.24) is 5.32 Å². The molecule has 0 aliphatic carbocycles. The standard InChI is InChI=1S/C17H26N2/c1-5-12-18-15(4)16-10-8-9-11-17(16)19(13-6-2)14-7-3/h2,8-11,15,18H,5,7,12-14H2,1,3-4H3. The van der Waals surface area contributed by atoms with Crippen LogP contribution in [0.1, 0.15) is 45.2 Å². The smallest absolute Gasteiger partial charge is 0.0791 e. The van der Waals surface area contributed by atoms with E-state index in [2.05, 4.69) is 61.2 Å². The Morgan fingerprint density at radius 2 is 2.00 bits per heavy atom. The maximum absolute atomic E-state index is 5.50. The third-order valence-corrected chi connectivity index (χ3v) is 3.22. The summed E-state index contributed by atoms with van der Waals surface area (Å²) in [5, 5.41) is 3.55. The minimum absolute atomic E-state index is 0.355. The summed E-state index contributed by atoms with van der Waals surface area (Å²) in [5.74, 6) is 2.77. The molecular weight excluding hydrogens is 232 g/mol. The molecule has 0 saturated heterocycles. The Kier molecular flexibility index (Phi) is 7.07. The number of anilines is 1. The number of hydrogen-bond acceptors (Lipinski definition) is 2. The molecule has 1 rings (SSSR count). The Bertz CT molecular complexity index is 406. The molecule has 0 amide bonds. The van der Waals surface area contributed by atoms with Gasteiger partial charge in [0.1, 0.15) is 0 Å². The highest BCUT2D eigenvalue weighted by molar-refractivity contribution is 5.55. The van der Waals surface area contributed by atoms with Crippen molar-refractivity contribution in [3.63, 3.8) is 0 Å². The van der Waals surface area contributed by atoms with E-state index in [9.17, 15) is 0 Å². The van der Waals surface area contributed by atoms with E-state index in [1.807, 2.05) is 0 Å². The number of terminal acetylenes is 1. The second kappa shape index (κ2) is 8.61. The first-order valence-electron chi connectivity index (χ1n) is 7.25. The molecule has 1 N–H and O–H groups in total. The zero-order valence-corrected chi connectivity index (χ0v) is 12.4. The molecule has 0 fully saturated rings. The van der Waals surface area contributed by atoms with Crippen LogP contribution < -0.4 is 10.2 Å². The van der Waals surface area contributed by atoms with Crippen molar-refractivity contribution < 1.29 is 0 Å². The normalized spacial score (nSPS) is 11.9. The van der Waals surface area contributed by atoms with Crippen LogP contribution in [0.25, 0.3) is 0 Å². The molecule has 0 saturated carbocycles. The number of nitrogens with zero attached hydrogens (tertiary/aromatic N) is 1. The van der Waals surface area contributed by atoms with Crippen molar-refractivity contribution >= 4 is 5.69 Å². The first-order valence-corrected chi connectivity index (χ1v) is 7.25. The molecule has 1 unspecified atom stereocenters. The third-order valence-electron chi connectivity index (χ3n) is 3.22. The Morgan fingerprint density at radius 1 is 1.26 bits per heavy atom. The average Bonchev–Trinajstić information content (AvgIpc) is 2.44. The van der Waals surface area contributed by atoms with Gasteiger partial charge in [0.05, 0.1) is 6.54 Å². The monoisotopic (exact) mass is 258 g/mol. The molecule has 0 aliphatic rings. The number of nitrogens with one attached hydrogen (secondary N) is 1. The van der Waals surface area contributed by atoms with Crippen molar-refractivity contribution in [2.24, 2.45) is 0 Å². The second-order valence-corrected chi connectivity index (χ2v) is 4.86. The van der Waals surface area contributed by atoms with Gasteiger partial charge in [-0.2, -0.15) is 0 Å². The van der Waals surface area contributed by atoms with Gasteiger partial charge in [0.15, 0.2) is 0 Å². The van der Waals surface area contributed by atoms with Crippen molar-refractivity contribution in [2.45, 2.75) is 39.7 Å². The van der Waals surface area contributed by atoms with Gasteiger partial charge in [-0.25, -0.2) is 0 Å². The van der Waals surface area contributed by atoms with E-state index in [0.29, 0.717) is 12.6 Å². The first kappa shape index (κ1) is 15.6. The van der Waals surface area contributed by atoms with Crippen LogP contribution in [0.5, 0.6) is 0 Å². The first-order chi connectivity index (χ1) is 9.24. The van der Waals surface area contributed by atoms with Gasteiger partial charge in [0.2, 0.25) is 0 Å². The van der Waals surface area contributed by atoms with Gasteiger partial charge in [0.25, 0.3) is 0 Å². The van der Waals surface area contributed by atoms with Gasteiger partial charge in [-0.15, -0.1) is 6.42 Å². The zero-order chi connectivity index (χ0) is 14.1. The van der Waals surface area contributed by atoms with E-state index in [1.54, 1.807) is 0 Å². The lowest BCUT2D eigenvalue weighted by Crippen LogP contribution is -2.28. The van der Waals surface area contributed by atoms with Gasteiger partial charge >= 0.3 is 0 Å². The number of hydrogen-bond donors (Lipinski definition) is 1. The van der Waals surface area contributed by atoms with Crippen LogP contribution in [0, 0.1) is 12.3 Å². The van der Waals surface area contributed by atoms with Gasteiger partial charge in [-0.3, -0.25) is 0 Å². The Labute approximate surface area is 118 Å². The zero-order valence-electron chi connectivity index (χ0n) is 12.4. The fourth-order valence-corrected chi connectivity index (χ4v) is 2.28. The fourth-order valence-electron chi connectivity index (χ4n) is 2.28. The van der Waals surface area contributed by atoms with Gasteiger partial charge in [-0.05, 0) is 37.9 Å². The van der Waals surface area contributed by atoms with Gasteiger partial charge in [-0.1, -0.05) is 38.0 Å². The molecule has 1 aromatic rings. The van der Waals surface area contributed by atoms with Crippen LogP contribution in [-0.2, 0) is 0 Å². The van der Waals surface area contributed by atoms with Crippen LogP contribution in [0.15, 0.2) is 24.3 Å². The highest BCUT2D eigenvalue weighted by atomic mass is 15.1. The predicted molar refractivity (Wildman–Crippen MR) is 84.5 cm³/mol. The van der Waals surface area contributed by atoms with E-state index in [4.69, 9.17) is 6.42 Å². The number of para-hydroxylation sites is 1. The summed E-state index contributed by atoms with van der Waals surface area (Å²) in [6, 6.07) is 8.91. The van der Waals surface area contributed by atoms with Gasteiger partial charge in [0, 0.05) is 18.3 Å². The number of rotatable bonds is 8. The van der Waals surface area contributed by atoms with E-state index in [0.717, 1.165) is 25.9 Å². The molecule has 1 atom stereocenters. The third kappa shape index (κ3) is 4.61. The van der Waals surface area contributed by atoms with Crippen molar-refractivity contribution in [3.05, 3.63) is 29.8 Å². The maximum Gasteiger partial charge on any atom is 0.0791 e. The molecule has 2 nitrogen and oxygen atoms in total. The minimum atomic E-state index is 0.355. The summed E-state index contributed by atoms with van der Waals surface area (Å²) in [5.41, 5.74) is 2.60. The molecule has 19 heavy (non-hydrogen) atoms. The minimum Gasteiger partial charge on any atom is -0.360 e. The summed E-state index contributed by atoms with van der Waals surface area (Å²) >= 11 is 0. The largest absolute Gasteiger partial charge is 0.360 e. The van der Waals surface area contributed by atoms with Crippen LogP contribution in [0.4, 0.5) is 5.69 Å². The highest BCUT2D eigenvalue weighted by Crippen LogP contribution is 2.26. The Morgan fingerprint density at radius 3 is 2.63 bits per heavy atom.